The van der Waals surface area contributed by atoms with E-state index in [1.54, 1.807) is 11.7 Å². The maximum absolute atomic E-state index is 11.3. The normalized spacial score (nSPS) is 11.2. The summed E-state index contributed by atoms with van der Waals surface area (Å²) in [6.07, 6.45) is 1.67. The minimum Gasteiger partial charge on any atom is -0.481 e. The minimum absolute atomic E-state index is 0.198. The molecule has 0 saturated carbocycles. The number of rotatable bonds is 6. The van der Waals surface area contributed by atoms with Crippen molar-refractivity contribution in [3.8, 4) is 5.06 Å². The maximum atomic E-state index is 11.3. The van der Waals surface area contributed by atoms with Crippen LogP contribution in [0, 0.1) is 0 Å². The number of aromatic nitrogens is 1. The van der Waals surface area contributed by atoms with E-state index in [9.17, 15) is 4.79 Å². The zero-order valence-corrected chi connectivity index (χ0v) is 11.2. The molecule has 0 atom stereocenters. The van der Waals surface area contributed by atoms with Gasteiger partial charge in [-0.3, -0.25) is 4.79 Å². The van der Waals surface area contributed by atoms with Crippen molar-refractivity contribution in [1.82, 2.24) is 10.3 Å². The van der Waals surface area contributed by atoms with E-state index in [4.69, 9.17) is 9.47 Å². The second-order valence-electron chi connectivity index (χ2n) is 4.43. The Labute approximate surface area is 105 Å². The number of ether oxygens (including phenoxy) is 2. The van der Waals surface area contributed by atoms with Gasteiger partial charge in [-0.25, -0.2) is 4.98 Å². The number of esters is 1. The monoisotopic (exact) mass is 258 g/mol. The van der Waals surface area contributed by atoms with Crippen LogP contribution in [0.4, 0.5) is 0 Å². The second-order valence-corrected chi connectivity index (χ2v) is 5.28. The van der Waals surface area contributed by atoms with E-state index in [0.717, 1.165) is 5.06 Å². The van der Waals surface area contributed by atoms with Gasteiger partial charge in [0.05, 0.1) is 18.3 Å². The number of nitrogens with zero attached hydrogens (tertiary/aromatic N) is 1. The summed E-state index contributed by atoms with van der Waals surface area (Å²) in [5.41, 5.74) is 1.28. The molecule has 96 valence electrons. The van der Waals surface area contributed by atoms with E-state index in [-0.39, 0.29) is 12.5 Å². The molecule has 0 aliphatic rings. The molecule has 1 aromatic heterocycles. The molecule has 1 N–H and O–H groups in total. The Hall–Kier alpha value is -1.14. The molecule has 0 amide bonds. The Kier molecular flexibility index (Phi) is 5.37. The Bertz CT molecular complexity index is 333. The summed E-state index contributed by atoms with van der Waals surface area (Å²) in [6.45, 7) is 6.83. The van der Waals surface area contributed by atoms with Gasteiger partial charge in [0.1, 0.15) is 12.2 Å². The molecule has 0 aliphatic carbocycles. The van der Waals surface area contributed by atoms with Crippen molar-refractivity contribution in [3.05, 3.63) is 11.7 Å². The molecule has 0 saturated heterocycles. The van der Waals surface area contributed by atoms with Crippen LogP contribution in [0.1, 0.15) is 20.8 Å². The fraction of sp³-hybridized carbons (Fsp3) is 0.636. The Balaban J connectivity index is 2.02. The van der Waals surface area contributed by atoms with Gasteiger partial charge in [0.25, 0.3) is 0 Å². The molecule has 0 aliphatic heterocycles. The number of carbonyl (C=O) groups is 1. The lowest BCUT2D eigenvalue weighted by Gasteiger charge is -2.19. The average molecular weight is 258 g/mol. The molecule has 1 rings (SSSR count). The molecular formula is C11H18N2O3S. The van der Waals surface area contributed by atoms with Crippen LogP contribution in [0.2, 0.25) is 0 Å². The van der Waals surface area contributed by atoms with E-state index in [1.807, 2.05) is 20.8 Å². The lowest BCUT2D eigenvalue weighted by Crippen LogP contribution is -2.33. The van der Waals surface area contributed by atoms with Gasteiger partial charge >= 0.3 is 5.97 Å². The van der Waals surface area contributed by atoms with E-state index < -0.39 is 5.60 Å². The zero-order chi connectivity index (χ0) is 12.7. The zero-order valence-electron chi connectivity index (χ0n) is 10.4. The Morgan fingerprint density at radius 1 is 1.53 bits per heavy atom. The molecule has 5 nitrogen and oxygen atoms in total. The maximum Gasteiger partial charge on any atom is 0.320 e. The quantitative estimate of drug-likeness (QED) is 0.618. The summed E-state index contributed by atoms with van der Waals surface area (Å²) >= 11 is 1.44. The van der Waals surface area contributed by atoms with Crippen LogP contribution in [0.25, 0.3) is 0 Å². The summed E-state index contributed by atoms with van der Waals surface area (Å²) in [5, 5.41) is 3.74. The molecular weight excluding hydrogens is 240 g/mol. The van der Waals surface area contributed by atoms with Crippen LogP contribution in [0.3, 0.4) is 0 Å². The number of nitrogens with one attached hydrogen (secondary N) is 1. The molecule has 0 unspecified atom stereocenters. The molecule has 1 aromatic rings. The van der Waals surface area contributed by atoms with Crippen molar-refractivity contribution in [2.75, 3.05) is 19.7 Å². The highest BCUT2D eigenvalue weighted by atomic mass is 32.1. The van der Waals surface area contributed by atoms with Gasteiger partial charge in [-0.15, -0.1) is 0 Å². The molecule has 1 heterocycles. The highest BCUT2D eigenvalue weighted by Crippen LogP contribution is 2.14. The summed E-state index contributed by atoms with van der Waals surface area (Å²) in [6, 6.07) is 0. The van der Waals surface area contributed by atoms with Gasteiger partial charge in [0.15, 0.2) is 5.06 Å². The van der Waals surface area contributed by atoms with Gasteiger partial charge in [-0.2, -0.15) is 0 Å². The van der Waals surface area contributed by atoms with Crippen molar-refractivity contribution in [2.45, 2.75) is 26.4 Å². The van der Waals surface area contributed by atoms with Gasteiger partial charge in [-0.05, 0) is 20.8 Å². The lowest BCUT2D eigenvalue weighted by molar-refractivity contribution is -0.153. The topological polar surface area (TPSA) is 60.5 Å². The van der Waals surface area contributed by atoms with Crippen molar-refractivity contribution in [2.24, 2.45) is 0 Å². The first-order chi connectivity index (χ1) is 7.97. The van der Waals surface area contributed by atoms with Crippen LogP contribution < -0.4 is 10.1 Å². The summed E-state index contributed by atoms with van der Waals surface area (Å²) < 4.78 is 10.5. The van der Waals surface area contributed by atoms with Crippen LogP contribution in [0.15, 0.2) is 11.7 Å². The highest BCUT2D eigenvalue weighted by molar-refractivity contribution is 7.11. The fourth-order valence-corrected chi connectivity index (χ4v) is 1.57. The SMILES string of the molecule is CC(C)(C)OC(=O)CNCCOc1cncs1. The van der Waals surface area contributed by atoms with Gasteiger partial charge in [-0.1, -0.05) is 11.3 Å². The summed E-state index contributed by atoms with van der Waals surface area (Å²) in [7, 11) is 0. The predicted molar refractivity (Wildman–Crippen MR) is 66.3 cm³/mol. The first-order valence-corrected chi connectivity index (χ1v) is 6.29. The number of thiazole rings is 1. The van der Waals surface area contributed by atoms with Gasteiger partial charge < -0.3 is 14.8 Å². The standard InChI is InChI=1S/C11H18N2O3S/c1-11(2,3)16-9(14)6-12-4-5-15-10-7-13-8-17-10/h7-8,12H,4-6H2,1-3H3. The largest absolute Gasteiger partial charge is 0.481 e. The van der Waals surface area contributed by atoms with Crippen LogP contribution in [0.5, 0.6) is 5.06 Å². The van der Waals surface area contributed by atoms with Crippen LogP contribution >= 0.6 is 11.3 Å². The second kappa shape index (κ2) is 6.56. The number of hydrogen-bond donors (Lipinski definition) is 1. The average Bonchev–Trinajstić information content (AvgIpc) is 2.67. The first-order valence-electron chi connectivity index (χ1n) is 5.41. The van der Waals surface area contributed by atoms with Crippen molar-refractivity contribution in [3.63, 3.8) is 0 Å². The summed E-state index contributed by atoms with van der Waals surface area (Å²) in [4.78, 5) is 15.2. The van der Waals surface area contributed by atoms with E-state index in [2.05, 4.69) is 10.3 Å². The molecule has 0 aromatic carbocycles. The first kappa shape index (κ1) is 13.9. The van der Waals surface area contributed by atoms with Crippen LogP contribution in [-0.2, 0) is 9.53 Å². The van der Waals surface area contributed by atoms with E-state index >= 15 is 0 Å². The molecule has 0 bridgehead atoms. The van der Waals surface area contributed by atoms with Crippen molar-refractivity contribution in [1.29, 1.82) is 0 Å². The van der Waals surface area contributed by atoms with E-state index in [0.29, 0.717) is 13.2 Å². The summed E-state index contributed by atoms with van der Waals surface area (Å²) in [5.74, 6) is -0.254. The molecule has 6 heteroatoms. The third-order valence-corrected chi connectivity index (χ3v) is 2.30. The lowest BCUT2D eigenvalue weighted by atomic mass is 10.2. The van der Waals surface area contributed by atoms with Gasteiger partial charge in [0, 0.05) is 6.54 Å². The minimum atomic E-state index is -0.433. The fourth-order valence-electron chi connectivity index (χ4n) is 1.07. The highest BCUT2D eigenvalue weighted by Gasteiger charge is 2.15. The van der Waals surface area contributed by atoms with E-state index in [1.165, 1.54) is 11.3 Å². The molecule has 0 radical (unpaired) electrons. The molecule has 0 fully saturated rings. The van der Waals surface area contributed by atoms with Crippen molar-refractivity contribution >= 4 is 17.3 Å². The van der Waals surface area contributed by atoms with Crippen molar-refractivity contribution < 1.29 is 14.3 Å². The molecule has 0 spiro atoms. The van der Waals surface area contributed by atoms with Crippen LogP contribution in [-0.4, -0.2) is 36.3 Å². The Morgan fingerprint density at radius 3 is 2.88 bits per heavy atom. The number of carbonyl (C=O) groups excluding carboxylic acids is 1. The smallest absolute Gasteiger partial charge is 0.320 e. The van der Waals surface area contributed by atoms with Gasteiger partial charge in [0.2, 0.25) is 0 Å². The third-order valence-electron chi connectivity index (χ3n) is 1.62. The molecule has 17 heavy (non-hydrogen) atoms. The Morgan fingerprint density at radius 2 is 2.29 bits per heavy atom. The predicted octanol–water partition coefficient (Wildman–Crippen LogP) is 1.45. The third kappa shape index (κ3) is 6.91. The number of hydrogen-bond acceptors (Lipinski definition) is 6.